The molecule has 2 unspecified atom stereocenters. The van der Waals surface area contributed by atoms with Crippen molar-refractivity contribution in [3.8, 4) is 0 Å². The highest BCUT2D eigenvalue weighted by atomic mass is 35.5. The number of hydrogen-bond acceptors (Lipinski definition) is 4. The van der Waals surface area contributed by atoms with Gasteiger partial charge in [0.1, 0.15) is 11.6 Å². The number of carboxylic acids is 1. The maximum atomic E-state index is 12.9. The van der Waals surface area contributed by atoms with Gasteiger partial charge in [-0.05, 0) is 62.4 Å². The topological polar surface area (TPSA) is 78.9 Å². The normalized spacial score (nSPS) is 17.0. The first-order chi connectivity index (χ1) is 14.6. The maximum absolute atomic E-state index is 12.9. The Bertz CT molecular complexity index is 924. The Balaban J connectivity index is 1.74. The van der Waals surface area contributed by atoms with Crippen LogP contribution in [-0.2, 0) is 28.9 Å². The van der Waals surface area contributed by atoms with Crippen LogP contribution in [0.2, 0.25) is 5.02 Å². The second-order valence-corrected chi connectivity index (χ2v) is 9.30. The summed E-state index contributed by atoms with van der Waals surface area (Å²) in [6, 6.07) is 14.2. The van der Waals surface area contributed by atoms with Crippen LogP contribution in [0.4, 0.5) is 4.79 Å². The molecule has 0 fully saturated rings. The van der Waals surface area contributed by atoms with Gasteiger partial charge in [0, 0.05) is 18.1 Å². The van der Waals surface area contributed by atoms with Crippen LogP contribution in [0.15, 0.2) is 48.5 Å². The minimum Gasteiger partial charge on any atom is -0.480 e. The number of nitrogens with zero attached hydrogens (tertiary/aromatic N) is 1. The van der Waals surface area contributed by atoms with Gasteiger partial charge in [-0.1, -0.05) is 48.0 Å². The number of rotatable bonds is 6. The molecule has 6 nitrogen and oxygen atoms in total. The lowest BCUT2D eigenvalue weighted by Crippen LogP contribution is -2.53. The first-order valence-electron chi connectivity index (χ1n) is 10.4. The van der Waals surface area contributed by atoms with Gasteiger partial charge >= 0.3 is 12.1 Å². The summed E-state index contributed by atoms with van der Waals surface area (Å²) in [5.74, 6) is -0.935. The molecule has 3 rings (SSSR count). The van der Waals surface area contributed by atoms with Gasteiger partial charge in [0.05, 0.1) is 6.04 Å². The van der Waals surface area contributed by atoms with Crippen LogP contribution in [0.5, 0.6) is 0 Å². The number of nitrogens with one attached hydrogen (secondary N) is 1. The van der Waals surface area contributed by atoms with Crippen molar-refractivity contribution in [1.29, 1.82) is 0 Å². The van der Waals surface area contributed by atoms with Crippen LogP contribution < -0.4 is 5.32 Å². The fraction of sp³-hybridized carbons (Fsp3) is 0.417. The van der Waals surface area contributed by atoms with Crippen molar-refractivity contribution in [1.82, 2.24) is 10.2 Å². The number of amides is 1. The monoisotopic (exact) mass is 444 g/mol. The van der Waals surface area contributed by atoms with Gasteiger partial charge in [-0.25, -0.2) is 4.79 Å². The van der Waals surface area contributed by atoms with Crippen molar-refractivity contribution in [2.24, 2.45) is 0 Å². The van der Waals surface area contributed by atoms with Crippen molar-refractivity contribution in [2.75, 3.05) is 6.54 Å². The molecule has 2 aromatic carbocycles. The second kappa shape index (κ2) is 9.71. The molecule has 0 aliphatic carbocycles. The number of carboxylic acid groups (broad SMARTS) is 1. The Labute approximate surface area is 188 Å². The van der Waals surface area contributed by atoms with E-state index in [-0.39, 0.29) is 6.04 Å². The van der Waals surface area contributed by atoms with E-state index in [1.165, 1.54) is 5.56 Å². The van der Waals surface area contributed by atoms with Gasteiger partial charge < -0.3 is 15.2 Å². The predicted molar refractivity (Wildman–Crippen MR) is 120 cm³/mol. The fourth-order valence-corrected chi connectivity index (χ4v) is 3.81. The predicted octanol–water partition coefficient (Wildman–Crippen LogP) is 4.29. The minimum absolute atomic E-state index is 0.211. The summed E-state index contributed by atoms with van der Waals surface area (Å²) < 4.78 is 5.61. The highest BCUT2D eigenvalue weighted by Crippen LogP contribution is 2.25. The largest absolute Gasteiger partial charge is 0.480 e. The molecule has 0 aromatic heterocycles. The highest BCUT2D eigenvalue weighted by molar-refractivity contribution is 6.30. The minimum atomic E-state index is -0.935. The molecule has 1 aliphatic heterocycles. The number of fused-ring (bicyclic) bond motifs is 1. The number of aliphatic carboxylic acids is 1. The number of benzene rings is 2. The number of carbonyl (C=O) groups excluding carboxylic acids is 1. The van der Waals surface area contributed by atoms with Gasteiger partial charge in [0.2, 0.25) is 0 Å². The maximum Gasteiger partial charge on any atom is 0.410 e. The van der Waals surface area contributed by atoms with Crippen LogP contribution in [-0.4, -0.2) is 46.3 Å². The van der Waals surface area contributed by atoms with Gasteiger partial charge in [-0.3, -0.25) is 9.69 Å². The lowest BCUT2D eigenvalue weighted by Gasteiger charge is -2.38. The Morgan fingerprint density at radius 2 is 1.81 bits per heavy atom. The molecule has 2 N–H and O–H groups in total. The summed E-state index contributed by atoms with van der Waals surface area (Å²) in [5.41, 5.74) is 2.52. The van der Waals surface area contributed by atoms with E-state index in [1.807, 2.05) is 51.1 Å². The van der Waals surface area contributed by atoms with E-state index in [1.54, 1.807) is 17.0 Å². The number of ether oxygens (including phenoxy) is 1. The number of hydrogen-bond donors (Lipinski definition) is 2. The van der Waals surface area contributed by atoms with Gasteiger partial charge in [0.15, 0.2) is 0 Å². The molecule has 0 radical (unpaired) electrons. The van der Waals surface area contributed by atoms with E-state index in [0.717, 1.165) is 11.1 Å². The van der Waals surface area contributed by atoms with Crippen molar-refractivity contribution in [3.05, 3.63) is 70.2 Å². The average Bonchev–Trinajstić information content (AvgIpc) is 2.70. The summed E-state index contributed by atoms with van der Waals surface area (Å²) in [6.45, 7) is 6.29. The first-order valence-corrected chi connectivity index (χ1v) is 10.8. The van der Waals surface area contributed by atoms with Gasteiger partial charge in [0.25, 0.3) is 0 Å². The number of halogens is 1. The van der Waals surface area contributed by atoms with Gasteiger partial charge in [-0.2, -0.15) is 0 Å². The lowest BCUT2D eigenvalue weighted by molar-refractivity contribution is -0.139. The molecule has 0 saturated heterocycles. The smallest absolute Gasteiger partial charge is 0.410 e. The van der Waals surface area contributed by atoms with Crippen molar-refractivity contribution < 1.29 is 19.4 Å². The fourth-order valence-electron chi connectivity index (χ4n) is 3.69. The highest BCUT2D eigenvalue weighted by Gasteiger charge is 2.33. The second-order valence-electron chi connectivity index (χ2n) is 8.86. The number of carbonyl (C=O) groups is 2. The van der Waals surface area contributed by atoms with Crippen molar-refractivity contribution in [3.63, 3.8) is 0 Å². The molecule has 0 spiro atoms. The van der Waals surface area contributed by atoms with Crippen LogP contribution >= 0.6 is 11.6 Å². The summed E-state index contributed by atoms with van der Waals surface area (Å²) in [7, 11) is 0. The molecule has 1 heterocycles. The van der Waals surface area contributed by atoms with Crippen LogP contribution in [0.3, 0.4) is 0 Å². The third-order valence-corrected chi connectivity index (χ3v) is 5.49. The Morgan fingerprint density at radius 1 is 1.16 bits per heavy atom. The van der Waals surface area contributed by atoms with E-state index in [9.17, 15) is 14.7 Å². The molecule has 0 bridgehead atoms. The summed E-state index contributed by atoms with van der Waals surface area (Å²) in [4.78, 5) is 26.4. The van der Waals surface area contributed by atoms with Gasteiger partial charge in [-0.15, -0.1) is 0 Å². The van der Waals surface area contributed by atoms with E-state index in [0.29, 0.717) is 31.0 Å². The SMILES string of the molecule is CC(C)(C)OC(=O)N1Cc2ccccc2CC1CNC(Cc1ccc(Cl)cc1)C(=O)O. The van der Waals surface area contributed by atoms with Crippen LogP contribution in [0.1, 0.15) is 37.5 Å². The molecular weight excluding hydrogens is 416 g/mol. The molecular formula is C24H29ClN2O4. The zero-order valence-corrected chi connectivity index (χ0v) is 18.9. The summed E-state index contributed by atoms with van der Waals surface area (Å²) in [5, 5.41) is 13.5. The van der Waals surface area contributed by atoms with Crippen LogP contribution in [0.25, 0.3) is 0 Å². The Hall–Kier alpha value is -2.57. The Kier molecular flexibility index (Phi) is 7.23. The molecule has 1 amide bonds. The standard InChI is InChI=1S/C24H29ClN2O4/c1-24(2,3)31-23(30)27-15-18-7-5-4-6-17(18)13-20(27)14-26-21(22(28)29)12-16-8-10-19(25)11-9-16/h4-11,20-21,26H,12-15H2,1-3H3,(H,28,29). The zero-order valence-electron chi connectivity index (χ0n) is 18.1. The molecule has 7 heteroatoms. The summed E-state index contributed by atoms with van der Waals surface area (Å²) in [6.07, 6.45) is 0.566. The first kappa shape index (κ1) is 23.1. The summed E-state index contributed by atoms with van der Waals surface area (Å²) >= 11 is 5.92. The zero-order chi connectivity index (χ0) is 22.6. The quantitative estimate of drug-likeness (QED) is 0.694. The van der Waals surface area contributed by atoms with Crippen molar-refractivity contribution in [2.45, 2.75) is 57.8 Å². The molecule has 0 saturated carbocycles. The van der Waals surface area contributed by atoms with Crippen molar-refractivity contribution >= 4 is 23.7 Å². The third kappa shape index (κ3) is 6.45. The molecule has 1 aliphatic rings. The molecule has 2 atom stereocenters. The molecule has 166 valence electrons. The molecule has 31 heavy (non-hydrogen) atoms. The average molecular weight is 445 g/mol. The van der Waals surface area contributed by atoms with E-state index in [2.05, 4.69) is 11.4 Å². The Morgan fingerprint density at radius 3 is 2.42 bits per heavy atom. The molecule has 2 aromatic rings. The van der Waals surface area contributed by atoms with E-state index in [4.69, 9.17) is 16.3 Å². The van der Waals surface area contributed by atoms with E-state index < -0.39 is 23.7 Å². The van der Waals surface area contributed by atoms with E-state index >= 15 is 0 Å². The van der Waals surface area contributed by atoms with Crippen LogP contribution in [0, 0.1) is 0 Å². The third-order valence-electron chi connectivity index (χ3n) is 5.23. The lowest BCUT2D eigenvalue weighted by atomic mass is 9.94.